The van der Waals surface area contributed by atoms with Gasteiger partial charge in [-0.25, -0.2) is 0 Å². The van der Waals surface area contributed by atoms with Crippen molar-refractivity contribution in [1.82, 2.24) is 9.88 Å². The van der Waals surface area contributed by atoms with Crippen molar-refractivity contribution < 1.29 is 4.79 Å². The topological polar surface area (TPSA) is 36.1 Å². The Bertz CT molecular complexity index is 237. The van der Waals surface area contributed by atoms with Crippen molar-refractivity contribution in [1.29, 1.82) is 0 Å². The van der Waals surface area contributed by atoms with E-state index in [2.05, 4.69) is 11.6 Å². The summed E-state index contributed by atoms with van der Waals surface area (Å²) >= 11 is 0. The van der Waals surface area contributed by atoms with Crippen molar-refractivity contribution >= 4 is 5.91 Å². The monoisotopic (exact) mass is 178 g/mol. The molecule has 1 aliphatic heterocycles. The van der Waals surface area contributed by atoms with E-state index in [9.17, 15) is 4.79 Å². The molecule has 3 heteroatoms. The van der Waals surface area contributed by atoms with Crippen LogP contribution in [0.25, 0.3) is 0 Å². The Morgan fingerprint density at radius 2 is 2.15 bits per heavy atom. The molecular weight excluding hydrogens is 164 g/mol. The maximum atomic E-state index is 10.7. The summed E-state index contributed by atoms with van der Waals surface area (Å²) in [5.74, 6) is 0.208. The molecule has 1 amide bonds. The van der Waals surface area contributed by atoms with Crippen LogP contribution in [0.15, 0.2) is 37.3 Å². The second-order valence-corrected chi connectivity index (χ2v) is 2.76. The van der Waals surface area contributed by atoms with Gasteiger partial charge in [0.05, 0.1) is 0 Å². The lowest BCUT2D eigenvalue weighted by atomic mass is 10.4. The first kappa shape index (κ1) is 9.58. The summed E-state index contributed by atoms with van der Waals surface area (Å²) in [6.07, 6.45) is 7.03. The standard InChI is InChI=1S/C6H9NO.C4H5N/c1-2-7-5-3-4-6(7)8;1-2-4-5-3-1/h2H,1,3-5H2;1-5H. The minimum Gasteiger partial charge on any atom is -0.368 e. The highest BCUT2D eigenvalue weighted by Gasteiger charge is 2.15. The van der Waals surface area contributed by atoms with E-state index in [1.807, 2.05) is 24.5 Å². The highest BCUT2D eigenvalue weighted by atomic mass is 16.2. The molecular formula is C10H14N2O. The van der Waals surface area contributed by atoms with Gasteiger partial charge in [0.2, 0.25) is 5.91 Å². The Morgan fingerprint density at radius 1 is 1.46 bits per heavy atom. The number of aromatic amines is 1. The molecule has 1 aliphatic rings. The van der Waals surface area contributed by atoms with Crippen LogP contribution in [0.5, 0.6) is 0 Å². The fourth-order valence-corrected chi connectivity index (χ4v) is 1.14. The van der Waals surface area contributed by atoms with Gasteiger partial charge in [0.15, 0.2) is 0 Å². The second-order valence-electron chi connectivity index (χ2n) is 2.76. The molecule has 0 aromatic carbocycles. The molecule has 0 aliphatic carbocycles. The molecule has 1 fully saturated rings. The van der Waals surface area contributed by atoms with Crippen LogP contribution in [-0.2, 0) is 4.79 Å². The van der Waals surface area contributed by atoms with E-state index in [1.165, 1.54) is 0 Å². The van der Waals surface area contributed by atoms with Gasteiger partial charge in [-0.2, -0.15) is 0 Å². The maximum Gasteiger partial charge on any atom is 0.226 e. The first-order chi connectivity index (χ1) is 6.34. The molecule has 0 atom stereocenters. The molecule has 1 N–H and O–H groups in total. The molecule has 2 rings (SSSR count). The summed E-state index contributed by atoms with van der Waals surface area (Å²) in [7, 11) is 0. The van der Waals surface area contributed by atoms with Crippen LogP contribution in [-0.4, -0.2) is 22.3 Å². The fraction of sp³-hybridized carbons (Fsp3) is 0.300. The highest BCUT2D eigenvalue weighted by molar-refractivity contribution is 5.78. The third-order valence-corrected chi connectivity index (χ3v) is 1.83. The number of carbonyl (C=O) groups is 1. The zero-order valence-electron chi connectivity index (χ0n) is 7.57. The van der Waals surface area contributed by atoms with Crippen LogP contribution in [0, 0.1) is 0 Å². The quantitative estimate of drug-likeness (QED) is 0.699. The molecule has 3 nitrogen and oxygen atoms in total. The molecule has 2 heterocycles. The van der Waals surface area contributed by atoms with Gasteiger partial charge < -0.3 is 9.88 Å². The predicted octanol–water partition coefficient (Wildman–Crippen LogP) is 1.77. The number of nitrogens with zero attached hydrogens (tertiary/aromatic N) is 1. The Kier molecular flexibility index (Phi) is 3.82. The average Bonchev–Trinajstić information content (AvgIpc) is 2.76. The number of amides is 1. The van der Waals surface area contributed by atoms with Gasteiger partial charge in [-0.15, -0.1) is 0 Å². The molecule has 0 radical (unpaired) electrons. The van der Waals surface area contributed by atoms with Crippen molar-refractivity contribution in [2.24, 2.45) is 0 Å². The van der Waals surface area contributed by atoms with Gasteiger partial charge >= 0.3 is 0 Å². The summed E-state index contributed by atoms with van der Waals surface area (Å²) in [6.45, 7) is 4.36. The molecule has 13 heavy (non-hydrogen) atoms. The number of carbonyl (C=O) groups excluding carboxylic acids is 1. The van der Waals surface area contributed by atoms with Crippen LogP contribution in [0.1, 0.15) is 12.8 Å². The number of hydrogen-bond acceptors (Lipinski definition) is 1. The fourth-order valence-electron chi connectivity index (χ4n) is 1.14. The summed E-state index contributed by atoms with van der Waals surface area (Å²) in [5, 5.41) is 0. The van der Waals surface area contributed by atoms with E-state index in [4.69, 9.17) is 0 Å². The molecule has 1 saturated heterocycles. The van der Waals surface area contributed by atoms with Crippen LogP contribution < -0.4 is 0 Å². The van der Waals surface area contributed by atoms with E-state index < -0.39 is 0 Å². The number of hydrogen-bond donors (Lipinski definition) is 1. The van der Waals surface area contributed by atoms with Gasteiger partial charge in [-0.3, -0.25) is 4.79 Å². The van der Waals surface area contributed by atoms with Crippen molar-refractivity contribution in [3.63, 3.8) is 0 Å². The minimum atomic E-state index is 0.208. The molecule has 1 aromatic rings. The Hall–Kier alpha value is -1.51. The van der Waals surface area contributed by atoms with Crippen molar-refractivity contribution in [2.75, 3.05) is 6.54 Å². The lowest BCUT2D eigenvalue weighted by Crippen LogP contribution is -2.16. The minimum absolute atomic E-state index is 0.208. The predicted molar refractivity (Wildman–Crippen MR) is 51.9 cm³/mol. The van der Waals surface area contributed by atoms with E-state index in [0.717, 1.165) is 13.0 Å². The Morgan fingerprint density at radius 3 is 2.38 bits per heavy atom. The van der Waals surface area contributed by atoms with Crippen molar-refractivity contribution in [3.8, 4) is 0 Å². The van der Waals surface area contributed by atoms with Crippen LogP contribution >= 0.6 is 0 Å². The molecule has 0 spiro atoms. The molecule has 0 bridgehead atoms. The highest BCUT2D eigenvalue weighted by Crippen LogP contribution is 2.08. The van der Waals surface area contributed by atoms with Gasteiger partial charge in [-0.1, -0.05) is 6.58 Å². The van der Waals surface area contributed by atoms with E-state index in [-0.39, 0.29) is 5.91 Å². The lowest BCUT2D eigenvalue weighted by Gasteiger charge is -2.05. The van der Waals surface area contributed by atoms with E-state index in [0.29, 0.717) is 6.42 Å². The van der Waals surface area contributed by atoms with Gasteiger partial charge in [0.25, 0.3) is 0 Å². The molecule has 70 valence electrons. The van der Waals surface area contributed by atoms with Crippen LogP contribution in [0.2, 0.25) is 0 Å². The first-order valence-corrected chi connectivity index (χ1v) is 4.34. The zero-order chi connectivity index (χ0) is 9.52. The van der Waals surface area contributed by atoms with Gasteiger partial charge in [-0.05, 0) is 24.8 Å². The van der Waals surface area contributed by atoms with E-state index in [1.54, 1.807) is 11.1 Å². The average molecular weight is 178 g/mol. The largest absolute Gasteiger partial charge is 0.368 e. The van der Waals surface area contributed by atoms with Crippen molar-refractivity contribution in [2.45, 2.75) is 12.8 Å². The van der Waals surface area contributed by atoms with E-state index >= 15 is 0 Å². The molecule has 0 unspecified atom stereocenters. The van der Waals surface area contributed by atoms with Gasteiger partial charge in [0, 0.05) is 25.4 Å². The third-order valence-electron chi connectivity index (χ3n) is 1.83. The number of H-pyrrole nitrogens is 1. The summed E-state index contributed by atoms with van der Waals surface area (Å²) < 4.78 is 0. The van der Waals surface area contributed by atoms with Crippen LogP contribution in [0.4, 0.5) is 0 Å². The van der Waals surface area contributed by atoms with Crippen molar-refractivity contribution in [3.05, 3.63) is 37.3 Å². The third kappa shape index (κ3) is 3.15. The summed E-state index contributed by atoms with van der Waals surface area (Å²) in [6, 6.07) is 3.89. The number of likely N-dealkylation sites (tertiary alicyclic amines) is 1. The normalized spacial score (nSPS) is 15.1. The van der Waals surface area contributed by atoms with Crippen LogP contribution in [0.3, 0.4) is 0 Å². The second kappa shape index (κ2) is 5.19. The first-order valence-electron chi connectivity index (χ1n) is 4.34. The number of rotatable bonds is 1. The number of aromatic nitrogens is 1. The molecule has 1 aromatic heterocycles. The van der Waals surface area contributed by atoms with Gasteiger partial charge in [0.1, 0.15) is 0 Å². The maximum absolute atomic E-state index is 10.7. The Balaban J connectivity index is 0.000000145. The summed E-state index contributed by atoms with van der Waals surface area (Å²) in [5.41, 5.74) is 0. The zero-order valence-corrected chi connectivity index (χ0v) is 7.57. The Labute approximate surface area is 78.1 Å². The molecule has 0 saturated carbocycles. The lowest BCUT2D eigenvalue weighted by molar-refractivity contribution is -0.125. The number of nitrogens with one attached hydrogen (secondary N) is 1. The summed E-state index contributed by atoms with van der Waals surface area (Å²) in [4.78, 5) is 15.2. The smallest absolute Gasteiger partial charge is 0.226 e. The SMILES string of the molecule is C=CN1CCCC1=O.c1cc[nH]c1.